The Balaban J connectivity index is 1.69. The highest BCUT2D eigenvalue weighted by molar-refractivity contribution is 6.04. The number of hydrogen-bond donors (Lipinski definition) is 2. The largest absolute Gasteiger partial charge is 0.340 e. The summed E-state index contributed by atoms with van der Waals surface area (Å²) in [5.41, 5.74) is 1.74. The van der Waals surface area contributed by atoms with Crippen molar-refractivity contribution in [2.45, 2.75) is 6.92 Å². The van der Waals surface area contributed by atoms with Gasteiger partial charge >= 0.3 is 0 Å². The minimum Gasteiger partial charge on any atom is -0.340 e. The molecule has 0 spiro atoms. The van der Waals surface area contributed by atoms with Crippen LogP contribution in [0.5, 0.6) is 0 Å². The molecule has 0 bridgehead atoms. The Labute approximate surface area is 149 Å². The number of halogens is 1. The highest BCUT2D eigenvalue weighted by Gasteiger charge is 2.11. The Kier molecular flexibility index (Phi) is 5.03. The van der Waals surface area contributed by atoms with Crippen molar-refractivity contribution < 1.29 is 14.0 Å². The van der Waals surface area contributed by atoms with Crippen LogP contribution in [0.3, 0.4) is 0 Å². The summed E-state index contributed by atoms with van der Waals surface area (Å²) in [5, 5.41) is 5.68. The van der Waals surface area contributed by atoms with Gasteiger partial charge in [0.2, 0.25) is 0 Å². The number of hydrogen-bond acceptors (Lipinski definition) is 4. The van der Waals surface area contributed by atoms with Gasteiger partial charge < -0.3 is 10.6 Å². The van der Waals surface area contributed by atoms with Gasteiger partial charge in [-0.05, 0) is 43.3 Å². The average Bonchev–Trinajstić information content (AvgIpc) is 2.64. The normalized spacial score (nSPS) is 10.2. The predicted molar refractivity (Wildman–Crippen MR) is 98.3 cm³/mol. The summed E-state index contributed by atoms with van der Waals surface area (Å²) in [5.74, 6) is -0.594. The lowest BCUT2D eigenvalue weighted by Gasteiger charge is -2.09. The Morgan fingerprint density at radius 2 is 1.77 bits per heavy atom. The Morgan fingerprint density at radius 3 is 2.46 bits per heavy atom. The standard InChI is InChI=1S/C20H16FN3O2/c1-13(25)14-5-4-6-15(11-14)23-19-10-9-16(12-22-19)24-20(26)17-7-2-3-8-18(17)21/h2-12H,1H3,(H,22,23)(H,24,26). The highest BCUT2D eigenvalue weighted by atomic mass is 19.1. The number of pyridine rings is 1. The van der Waals surface area contributed by atoms with E-state index in [0.717, 1.165) is 5.69 Å². The molecular weight excluding hydrogens is 333 g/mol. The van der Waals surface area contributed by atoms with Crippen molar-refractivity contribution in [1.29, 1.82) is 0 Å². The minimum atomic E-state index is -0.582. The molecule has 1 heterocycles. The summed E-state index contributed by atoms with van der Waals surface area (Å²) >= 11 is 0. The lowest BCUT2D eigenvalue weighted by Crippen LogP contribution is -2.13. The maximum Gasteiger partial charge on any atom is 0.258 e. The fraction of sp³-hybridized carbons (Fsp3) is 0.0500. The van der Waals surface area contributed by atoms with Gasteiger partial charge in [-0.3, -0.25) is 9.59 Å². The molecule has 0 saturated carbocycles. The Bertz CT molecular complexity index is 955. The van der Waals surface area contributed by atoms with Crippen LogP contribution in [-0.4, -0.2) is 16.7 Å². The van der Waals surface area contributed by atoms with E-state index >= 15 is 0 Å². The van der Waals surface area contributed by atoms with Crippen LogP contribution in [0.1, 0.15) is 27.6 Å². The molecule has 0 unspecified atom stereocenters. The van der Waals surface area contributed by atoms with E-state index in [1.165, 1.54) is 31.3 Å². The maximum absolute atomic E-state index is 13.6. The number of benzene rings is 2. The van der Waals surface area contributed by atoms with Crippen molar-refractivity contribution in [3.05, 3.63) is 83.8 Å². The van der Waals surface area contributed by atoms with Crippen molar-refractivity contribution in [2.75, 3.05) is 10.6 Å². The zero-order valence-corrected chi connectivity index (χ0v) is 14.0. The van der Waals surface area contributed by atoms with Crippen LogP contribution in [0.25, 0.3) is 0 Å². The van der Waals surface area contributed by atoms with Gasteiger partial charge in [-0.2, -0.15) is 0 Å². The van der Waals surface area contributed by atoms with Gasteiger partial charge in [-0.15, -0.1) is 0 Å². The summed E-state index contributed by atoms with van der Waals surface area (Å²) in [6.45, 7) is 1.50. The molecule has 0 aliphatic rings. The van der Waals surface area contributed by atoms with E-state index in [2.05, 4.69) is 15.6 Å². The molecule has 0 aliphatic heterocycles. The zero-order chi connectivity index (χ0) is 18.5. The number of nitrogens with zero attached hydrogens (tertiary/aromatic N) is 1. The van der Waals surface area contributed by atoms with Gasteiger partial charge in [0.25, 0.3) is 5.91 Å². The number of carbonyl (C=O) groups excluding carboxylic acids is 2. The first kappa shape index (κ1) is 17.3. The second-order valence-electron chi connectivity index (χ2n) is 5.63. The second-order valence-corrected chi connectivity index (χ2v) is 5.63. The molecule has 0 aliphatic carbocycles. The molecule has 2 aromatic carbocycles. The second kappa shape index (κ2) is 7.57. The topological polar surface area (TPSA) is 71.1 Å². The summed E-state index contributed by atoms with van der Waals surface area (Å²) < 4.78 is 13.6. The van der Waals surface area contributed by atoms with Gasteiger partial charge in [0, 0.05) is 11.3 Å². The molecule has 2 N–H and O–H groups in total. The van der Waals surface area contributed by atoms with Gasteiger partial charge in [-0.25, -0.2) is 9.37 Å². The quantitative estimate of drug-likeness (QED) is 0.669. The Morgan fingerprint density at radius 1 is 0.962 bits per heavy atom. The monoisotopic (exact) mass is 349 g/mol. The lowest BCUT2D eigenvalue weighted by atomic mass is 10.1. The van der Waals surface area contributed by atoms with Gasteiger partial charge in [0.1, 0.15) is 11.6 Å². The summed E-state index contributed by atoms with van der Waals surface area (Å²) in [4.78, 5) is 27.7. The number of amides is 1. The summed E-state index contributed by atoms with van der Waals surface area (Å²) in [6, 6.07) is 16.2. The molecule has 5 nitrogen and oxygen atoms in total. The number of nitrogens with one attached hydrogen (secondary N) is 2. The Hall–Kier alpha value is -3.54. The van der Waals surface area contributed by atoms with Crippen LogP contribution in [0.15, 0.2) is 66.9 Å². The minimum absolute atomic E-state index is 0.0205. The van der Waals surface area contributed by atoms with Crippen LogP contribution >= 0.6 is 0 Å². The smallest absolute Gasteiger partial charge is 0.258 e. The van der Waals surface area contributed by atoms with Crippen LogP contribution in [-0.2, 0) is 0 Å². The first-order valence-corrected chi connectivity index (χ1v) is 7.93. The van der Waals surface area contributed by atoms with Crippen molar-refractivity contribution in [3.63, 3.8) is 0 Å². The van der Waals surface area contributed by atoms with Crippen molar-refractivity contribution in [3.8, 4) is 0 Å². The molecule has 0 saturated heterocycles. The predicted octanol–water partition coefficient (Wildman–Crippen LogP) is 4.42. The summed E-state index contributed by atoms with van der Waals surface area (Å²) in [7, 11) is 0. The molecule has 3 rings (SSSR count). The molecule has 26 heavy (non-hydrogen) atoms. The van der Waals surface area contributed by atoms with E-state index in [4.69, 9.17) is 0 Å². The number of aromatic nitrogens is 1. The molecule has 1 aromatic heterocycles. The van der Waals surface area contributed by atoms with Crippen molar-refractivity contribution >= 4 is 28.9 Å². The van der Waals surface area contributed by atoms with Gasteiger partial charge in [-0.1, -0.05) is 24.3 Å². The van der Waals surface area contributed by atoms with E-state index in [1.807, 2.05) is 6.07 Å². The van der Waals surface area contributed by atoms with Gasteiger partial charge in [0.15, 0.2) is 5.78 Å². The molecule has 130 valence electrons. The fourth-order valence-corrected chi connectivity index (χ4v) is 2.35. The van der Waals surface area contributed by atoms with Crippen LogP contribution in [0, 0.1) is 5.82 Å². The highest BCUT2D eigenvalue weighted by Crippen LogP contribution is 2.18. The first-order valence-electron chi connectivity index (χ1n) is 7.93. The van der Waals surface area contributed by atoms with E-state index in [-0.39, 0.29) is 11.3 Å². The third kappa shape index (κ3) is 4.10. The van der Waals surface area contributed by atoms with E-state index < -0.39 is 11.7 Å². The number of anilines is 3. The molecule has 0 radical (unpaired) electrons. The molecule has 6 heteroatoms. The van der Waals surface area contributed by atoms with Crippen molar-refractivity contribution in [1.82, 2.24) is 4.98 Å². The summed E-state index contributed by atoms with van der Waals surface area (Å²) in [6.07, 6.45) is 1.47. The van der Waals surface area contributed by atoms with Gasteiger partial charge in [0.05, 0.1) is 17.4 Å². The lowest BCUT2D eigenvalue weighted by molar-refractivity contribution is 0.101. The van der Waals surface area contributed by atoms with Crippen LogP contribution in [0.2, 0.25) is 0 Å². The molecule has 0 fully saturated rings. The number of rotatable bonds is 5. The fourth-order valence-electron chi connectivity index (χ4n) is 2.35. The first-order chi connectivity index (χ1) is 12.5. The van der Waals surface area contributed by atoms with Crippen molar-refractivity contribution in [2.24, 2.45) is 0 Å². The molecule has 1 amide bonds. The van der Waals surface area contributed by atoms with Crippen LogP contribution < -0.4 is 10.6 Å². The number of Topliss-reactive ketones (excluding diaryl/α,β-unsaturated/α-hetero) is 1. The average molecular weight is 349 g/mol. The molecule has 3 aromatic rings. The maximum atomic E-state index is 13.6. The number of carbonyl (C=O) groups is 2. The van der Waals surface area contributed by atoms with E-state index in [0.29, 0.717) is 17.1 Å². The number of ketones is 1. The molecular formula is C20H16FN3O2. The molecule has 0 atom stereocenters. The van der Waals surface area contributed by atoms with Crippen LogP contribution in [0.4, 0.5) is 21.6 Å². The third-order valence-corrected chi connectivity index (χ3v) is 3.68. The SMILES string of the molecule is CC(=O)c1cccc(Nc2ccc(NC(=O)c3ccccc3F)cn2)c1. The van der Waals surface area contributed by atoms with E-state index in [9.17, 15) is 14.0 Å². The zero-order valence-electron chi connectivity index (χ0n) is 14.0. The third-order valence-electron chi connectivity index (χ3n) is 3.68. The van der Waals surface area contributed by atoms with E-state index in [1.54, 1.807) is 36.4 Å².